The Morgan fingerprint density at radius 2 is 1.85 bits per heavy atom. The molecule has 0 aliphatic heterocycles. The van der Waals surface area contributed by atoms with Gasteiger partial charge in [-0.15, -0.1) is 0 Å². The summed E-state index contributed by atoms with van der Waals surface area (Å²) in [4.78, 5) is 10.1. The van der Waals surface area contributed by atoms with Crippen molar-refractivity contribution in [1.29, 1.82) is 0 Å². The number of rotatable bonds is 1. The van der Waals surface area contributed by atoms with Crippen LogP contribution in [-0.2, 0) is 12.6 Å². The van der Waals surface area contributed by atoms with E-state index < -0.39 is 17.4 Å². The Kier molecular flexibility index (Phi) is 19.0. The van der Waals surface area contributed by atoms with E-state index in [2.05, 4.69) is 17.0 Å². The molecule has 1 aromatic heterocycles. The third-order valence-corrected chi connectivity index (χ3v) is 1.89. The summed E-state index contributed by atoms with van der Waals surface area (Å²) in [5.74, 6) is -2.36. The second-order valence-electron chi connectivity index (χ2n) is 1.44. The number of nitrogens with zero attached hydrogens (tertiary/aromatic N) is 1. The van der Waals surface area contributed by atoms with Crippen LogP contribution in [0, 0.1) is 0 Å². The maximum Gasteiger partial charge on any atom is 1.00 e. The van der Waals surface area contributed by atoms with E-state index in [0.29, 0.717) is 11.5 Å². The first-order valence-corrected chi connectivity index (χ1v) is 3.36. The van der Waals surface area contributed by atoms with Crippen molar-refractivity contribution < 1.29 is 169 Å². The molecule has 0 saturated carbocycles. The molecule has 0 atom stereocenters. The summed E-state index contributed by atoms with van der Waals surface area (Å²) >= 11 is 5.18. The fourth-order valence-corrected chi connectivity index (χ4v) is 1.23. The zero-order chi connectivity index (χ0) is 7.72. The zero-order valence-electron chi connectivity index (χ0n) is 7.49. The van der Waals surface area contributed by atoms with Gasteiger partial charge in [-0.05, 0) is 11.4 Å². The summed E-state index contributed by atoms with van der Waals surface area (Å²) in [6.07, 6.45) is 0. The Labute approximate surface area is 212 Å². The third-order valence-electron chi connectivity index (χ3n) is 0.834. The third kappa shape index (κ3) is 7.13. The van der Waals surface area contributed by atoms with Gasteiger partial charge in [0.25, 0.3) is 0 Å². The Hall–Kier alpha value is 4.03. The normalized spacial score (nSPS) is 7.38. The standard InChI is InChI=1S/C4H3NO3S2.3K/c6-2-1(3(7)8)4(9)10-5-2;;;/h9H,(H,5,6)(H,7,8);;;/q;3*+1/p-3. The minimum absolute atomic E-state index is 0. The number of hydrogen-bond acceptors (Lipinski definition) is 6. The Morgan fingerprint density at radius 3 is 2.00 bits per heavy atom. The number of carbonyl (C=O) groups excluding carboxylic acids is 1. The van der Waals surface area contributed by atoms with E-state index in [0.717, 1.165) is 0 Å². The SMILES string of the molecule is O=C([O-])c1c([O-])nsc1[S-].[K+].[K+].[K+]. The summed E-state index contributed by atoms with van der Waals surface area (Å²) < 4.78 is 3.18. The number of aromatic carboxylic acids is 1. The van der Waals surface area contributed by atoms with Gasteiger partial charge in [0.15, 0.2) is 0 Å². The summed E-state index contributed by atoms with van der Waals surface area (Å²) in [6, 6.07) is 0. The minimum Gasteiger partial charge on any atom is -0.859 e. The predicted molar refractivity (Wildman–Crippen MR) is 31.5 cm³/mol. The van der Waals surface area contributed by atoms with Gasteiger partial charge in [-0.3, -0.25) is 11.5 Å². The van der Waals surface area contributed by atoms with E-state index in [-0.39, 0.29) is 158 Å². The van der Waals surface area contributed by atoms with Gasteiger partial charge in [0.1, 0.15) is 0 Å². The second-order valence-corrected chi connectivity index (χ2v) is 2.88. The van der Waals surface area contributed by atoms with Gasteiger partial charge in [0, 0.05) is 0 Å². The summed E-state index contributed by atoms with van der Waals surface area (Å²) in [6.45, 7) is 0. The van der Waals surface area contributed by atoms with Gasteiger partial charge >= 0.3 is 154 Å². The average molecular weight is 291 g/mol. The summed E-state index contributed by atoms with van der Waals surface area (Å²) in [7, 11) is 0. The molecule has 4 nitrogen and oxygen atoms in total. The smallest absolute Gasteiger partial charge is 0.859 e. The van der Waals surface area contributed by atoms with E-state index in [1.807, 2.05) is 0 Å². The first kappa shape index (κ1) is 22.2. The number of aromatic nitrogens is 1. The van der Waals surface area contributed by atoms with E-state index in [4.69, 9.17) is 0 Å². The molecular formula is C4K3NO3S2. The van der Waals surface area contributed by atoms with Crippen molar-refractivity contribution >= 4 is 30.1 Å². The van der Waals surface area contributed by atoms with Crippen LogP contribution in [0.3, 0.4) is 0 Å². The van der Waals surface area contributed by atoms with Crippen LogP contribution in [0.25, 0.3) is 0 Å². The fraction of sp³-hybridized carbons (Fsp3) is 0. The van der Waals surface area contributed by atoms with Crippen LogP contribution >= 0.6 is 11.5 Å². The van der Waals surface area contributed by atoms with Crippen LogP contribution in [0.5, 0.6) is 5.88 Å². The molecule has 54 valence electrons. The minimum atomic E-state index is -1.55. The van der Waals surface area contributed by atoms with Crippen LogP contribution in [0.15, 0.2) is 4.21 Å². The summed E-state index contributed by atoms with van der Waals surface area (Å²) in [5.41, 5.74) is -0.500. The molecule has 0 bridgehead atoms. The van der Waals surface area contributed by atoms with Crippen molar-refractivity contribution in [2.75, 3.05) is 0 Å². The molecule has 0 radical (unpaired) electrons. The van der Waals surface area contributed by atoms with Gasteiger partial charge in [-0.25, -0.2) is 0 Å². The van der Waals surface area contributed by atoms with Gasteiger partial charge in [-0.1, -0.05) is 4.21 Å². The van der Waals surface area contributed by atoms with Crippen molar-refractivity contribution in [3.05, 3.63) is 5.56 Å². The van der Waals surface area contributed by atoms with Crippen molar-refractivity contribution in [3.63, 3.8) is 0 Å². The molecule has 0 aliphatic rings. The molecule has 1 aromatic rings. The monoisotopic (exact) mass is 291 g/mol. The molecule has 9 heteroatoms. The van der Waals surface area contributed by atoms with Gasteiger partial charge in [0.05, 0.1) is 5.97 Å². The van der Waals surface area contributed by atoms with Crippen molar-refractivity contribution in [2.45, 2.75) is 4.21 Å². The Balaban J connectivity index is -0.000000333. The number of carboxylic acids is 1. The zero-order valence-corrected chi connectivity index (χ0v) is 18.5. The van der Waals surface area contributed by atoms with Crippen molar-refractivity contribution in [3.8, 4) is 5.88 Å². The molecule has 0 aromatic carbocycles. The van der Waals surface area contributed by atoms with Gasteiger partial charge < -0.3 is 32.0 Å². The van der Waals surface area contributed by atoms with Gasteiger partial charge in [-0.2, -0.15) is 0 Å². The van der Waals surface area contributed by atoms with Crippen molar-refractivity contribution in [1.82, 2.24) is 4.37 Å². The molecular weight excluding hydrogens is 291 g/mol. The molecule has 1 rings (SSSR count). The molecule has 0 N–H and O–H groups in total. The molecule has 13 heavy (non-hydrogen) atoms. The maximum absolute atomic E-state index is 10.5. The molecule has 0 amide bonds. The van der Waals surface area contributed by atoms with Crippen LogP contribution < -0.4 is 164 Å². The quantitative estimate of drug-likeness (QED) is 0.379. The number of carbonyl (C=O) groups is 1. The second kappa shape index (κ2) is 11.1. The Bertz CT molecular complexity index is 260. The van der Waals surface area contributed by atoms with E-state index in [1.165, 1.54) is 0 Å². The predicted octanol–water partition coefficient (Wildman–Crippen LogP) is -10.5. The van der Waals surface area contributed by atoms with Crippen LogP contribution in [0.2, 0.25) is 0 Å². The Morgan fingerprint density at radius 1 is 1.38 bits per heavy atom. The molecule has 0 unspecified atom stereocenters. The number of carboxylic acid groups (broad SMARTS) is 1. The molecule has 1 heterocycles. The summed E-state index contributed by atoms with van der Waals surface area (Å²) in [5, 5.41) is 20.6. The van der Waals surface area contributed by atoms with Crippen LogP contribution in [0.4, 0.5) is 0 Å². The van der Waals surface area contributed by atoms with Crippen LogP contribution in [0.1, 0.15) is 10.4 Å². The van der Waals surface area contributed by atoms with Crippen LogP contribution in [-0.4, -0.2) is 10.3 Å². The molecule has 0 aliphatic carbocycles. The topological polar surface area (TPSA) is 76.1 Å². The van der Waals surface area contributed by atoms with E-state index in [1.54, 1.807) is 0 Å². The van der Waals surface area contributed by atoms with E-state index in [9.17, 15) is 15.0 Å². The van der Waals surface area contributed by atoms with E-state index >= 15 is 0 Å². The molecule has 0 saturated heterocycles. The largest absolute Gasteiger partial charge is 1.00 e. The average Bonchev–Trinajstić information content (AvgIpc) is 2.11. The van der Waals surface area contributed by atoms with Gasteiger partial charge in [0.2, 0.25) is 0 Å². The molecule has 0 spiro atoms. The van der Waals surface area contributed by atoms with Crippen molar-refractivity contribution in [2.24, 2.45) is 0 Å². The molecule has 0 fully saturated rings. The fourth-order valence-electron chi connectivity index (χ4n) is 0.432. The first-order chi connectivity index (χ1) is 4.63. The number of hydrogen-bond donors (Lipinski definition) is 0. The maximum atomic E-state index is 10.5. The first-order valence-electron chi connectivity index (χ1n) is 2.18.